The van der Waals surface area contributed by atoms with Gasteiger partial charge in [-0.15, -0.1) is 5.54 Å². The van der Waals surface area contributed by atoms with Crippen molar-refractivity contribution in [2.45, 2.75) is 52.4 Å². The highest BCUT2D eigenvalue weighted by molar-refractivity contribution is 6.83. The molecule has 34 heavy (non-hydrogen) atoms. The van der Waals surface area contributed by atoms with Gasteiger partial charge >= 0.3 is 0 Å². The topological polar surface area (TPSA) is 27.1 Å². The summed E-state index contributed by atoms with van der Waals surface area (Å²) in [4.78, 5) is 0. The maximum absolute atomic E-state index is 13.5. The molecule has 3 aromatic rings. The number of benzene rings is 2. The molecule has 0 amide bonds. The van der Waals surface area contributed by atoms with Crippen LogP contribution in [0.15, 0.2) is 66.4 Å². The van der Waals surface area contributed by atoms with Crippen molar-refractivity contribution >= 4 is 14.1 Å². The number of allylic oxidation sites excluding steroid dienone is 1. The van der Waals surface area contributed by atoms with Gasteiger partial charge in [-0.05, 0) is 61.2 Å². The highest BCUT2D eigenvalue weighted by atomic mass is 28.3. The van der Waals surface area contributed by atoms with Crippen molar-refractivity contribution in [1.82, 2.24) is 9.78 Å². The molecule has 0 saturated heterocycles. The van der Waals surface area contributed by atoms with Crippen molar-refractivity contribution < 1.29 is 9.13 Å². The predicted octanol–water partition coefficient (Wildman–Crippen LogP) is 7.01. The summed E-state index contributed by atoms with van der Waals surface area (Å²) in [6.07, 6.45) is 5.77. The lowest BCUT2D eigenvalue weighted by atomic mass is 9.69. The molecule has 176 valence electrons. The Morgan fingerprint density at radius 2 is 1.82 bits per heavy atom. The largest absolute Gasteiger partial charge is 0.374 e. The van der Waals surface area contributed by atoms with Gasteiger partial charge in [0.15, 0.2) is 0 Å². The molecule has 1 heterocycles. The van der Waals surface area contributed by atoms with Gasteiger partial charge in [-0.3, -0.25) is 0 Å². The summed E-state index contributed by atoms with van der Waals surface area (Å²) in [5.41, 5.74) is 8.75. The quantitative estimate of drug-likeness (QED) is 0.285. The van der Waals surface area contributed by atoms with Crippen molar-refractivity contribution in [2.75, 3.05) is 6.61 Å². The Balaban J connectivity index is 1.77. The summed E-state index contributed by atoms with van der Waals surface area (Å²) in [7, 11) is -1.58. The van der Waals surface area contributed by atoms with Crippen molar-refractivity contribution in [3.63, 3.8) is 0 Å². The lowest BCUT2D eigenvalue weighted by molar-refractivity contribution is 0.0332. The molecule has 4 rings (SSSR count). The van der Waals surface area contributed by atoms with Crippen molar-refractivity contribution in [3.8, 4) is 17.2 Å². The summed E-state index contributed by atoms with van der Waals surface area (Å²) < 4.78 is 21.6. The van der Waals surface area contributed by atoms with Gasteiger partial charge in [0.05, 0.1) is 23.7 Å². The van der Waals surface area contributed by atoms with Crippen LogP contribution in [-0.2, 0) is 11.2 Å². The van der Waals surface area contributed by atoms with E-state index in [2.05, 4.69) is 73.5 Å². The Morgan fingerprint density at radius 1 is 1.12 bits per heavy atom. The molecule has 0 N–H and O–H groups in total. The summed E-state index contributed by atoms with van der Waals surface area (Å²) in [5.74, 6) is 3.33. The van der Waals surface area contributed by atoms with Gasteiger partial charge in [-0.2, -0.15) is 5.10 Å². The second-order valence-electron chi connectivity index (χ2n) is 10.3. The highest BCUT2D eigenvalue weighted by Gasteiger charge is 2.37. The molecule has 0 spiro atoms. The number of rotatable bonds is 6. The average Bonchev–Trinajstić information content (AvgIpc) is 3.19. The maximum Gasteiger partial charge on any atom is 0.129 e. The van der Waals surface area contributed by atoms with E-state index in [4.69, 9.17) is 4.74 Å². The van der Waals surface area contributed by atoms with E-state index in [0.29, 0.717) is 6.61 Å². The summed E-state index contributed by atoms with van der Waals surface area (Å²) in [6.45, 7) is 11.8. The van der Waals surface area contributed by atoms with Gasteiger partial charge in [0.25, 0.3) is 0 Å². The Hall–Kier alpha value is -2.94. The number of ether oxygens (including phenoxy) is 1. The Bertz CT molecular complexity index is 1230. The van der Waals surface area contributed by atoms with Gasteiger partial charge in [-0.1, -0.05) is 62.8 Å². The standard InChI is InChI=1S/C29H33FN2OSi/c1-6-33-28(22-10-8-7-9-11-22)20-29(2)19-23-21-31-32(26-14-12-25(30)13-15-26)27(23)18-24(29)16-17-34(3,4)5/h7-15,18,21,28H,6,19-20H2,1-5H3/t28-,29?/m1/s1. The minimum Gasteiger partial charge on any atom is -0.374 e. The average molecular weight is 473 g/mol. The molecule has 0 fully saturated rings. The number of aromatic nitrogens is 2. The number of halogens is 1. The number of fused-ring (bicyclic) bond motifs is 1. The van der Waals surface area contributed by atoms with E-state index in [1.54, 1.807) is 12.1 Å². The molecule has 0 bridgehead atoms. The van der Waals surface area contributed by atoms with Gasteiger partial charge in [-0.25, -0.2) is 9.07 Å². The molecular formula is C29H33FN2OSi. The number of nitrogens with zero attached hydrogens (tertiary/aromatic N) is 2. The smallest absolute Gasteiger partial charge is 0.129 e. The van der Waals surface area contributed by atoms with Gasteiger partial charge in [0.2, 0.25) is 0 Å². The van der Waals surface area contributed by atoms with Crippen LogP contribution in [0.5, 0.6) is 0 Å². The molecule has 1 unspecified atom stereocenters. The van der Waals surface area contributed by atoms with E-state index in [1.807, 2.05) is 23.9 Å². The SMILES string of the molecule is CCO[C@H](CC1(C)Cc2cnn(-c3ccc(F)cc3)c2C=C1C#C[Si](C)(C)C)c1ccccc1. The normalized spacial score (nSPS) is 18.5. The first-order chi connectivity index (χ1) is 16.2. The fourth-order valence-corrected chi connectivity index (χ4v) is 4.98. The van der Waals surface area contributed by atoms with E-state index < -0.39 is 8.07 Å². The molecule has 0 saturated carbocycles. The predicted molar refractivity (Wildman–Crippen MR) is 140 cm³/mol. The van der Waals surface area contributed by atoms with Crippen LogP contribution in [0.2, 0.25) is 19.6 Å². The maximum atomic E-state index is 13.5. The van der Waals surface area contributed by atoms with Crippen molar-refractivity contribution in [1.29, 1.82) is 0 Å². The van der Waals surface area contributed by atoms with E-state index in [9.17, 15) is 4.39 Å². The van der Waals surface area contributed by atoms with Crippen LogP contribution >= 0.6 is 0 Å². The van der Waals surface area contributed by atoms with Gasteiger partial charge in [0.1, 0.15) is 13.9 Å². The highest BCUT2D eigenvalue weighted by Crippen LogP contribution is 2.45. The molecule has 3 nitrogen and oxygen atoms in total. The van der Waals surface area contributed by atoms with Crippen LogP contribution in [0.4, 0.5) is 4.39 Å². The lowest BCUT2D eigenvalue weighted by Gasteiger charge is -2.36. The monoisotopic (exact) mass is 472 g/mol. The van der Waals surface area contributed by atoms with E-state index >= 15 is 0 Å². The van der Waals surface area contributed by atoms with E-state index in [0.717, 1.165) is 29.8 Å². The van der Waals surface area contributed by atoms with Crippen LogP contribution in [-0.4, -0.2) is 24.5 Å². The zero-order valence-electron chi connectivity index (χ0n) is 20.7. The molecule has 0 radical (unpaired) electrons. The van der Waals surface area contributed by atoms with Gasteiger partial charge in [0, 0.05) is 17.6 Å². The van der Waals surface area contributed by atoms with Crippen LogP contribution in [0.1, 0.15) is 43.2 Å². The van der Waals surface area contributed by atoms with Crippen LogP contribution in [0, 0.1) is 22.7 Å². The zero-order valence-corrected chi connectivity index (χ0v) is 21.7. The van der Waals surface area contributed by atoms with Crippen molar-refractivity contribution in [3.05, 3.63) is 89.0 Å². The zero-order chi connectivity index (χ0) is 24.3. The second-order valence-corrected chi connectivity index (χ2v) is 15.0. The molecule has 0 aliphatic heterocycles. The third kappa shape index (κ3) is 5.40. The molecule has 1 aromatic heterocycles. The van der Waals surface area contributed by atoms with Crippen LogP contribution in [0.3, 0.4) is 0 Å². The fraction of sp³-hybridized carbons (Fsp3) is 0.345. The number of hydrogen-bond donors (Lipinski definition) is 0. The minimum absolute atomic E-state index is 0.0121. The number of hydrogen-bond acceptors (Lipinski definition) is 2. The molecule has 2 aromatic carbocycles. The van der Waals surface area contributed by atoms with E-state index in [1.165, 1.54) is 23.3 Å². The summed E-state index contributed by atoms with van der Waals surface area (Å²) in [5, 5.41) is 4.66. The van der Waals surface area contributed by atoms with E-state index in [-0.39, 0.29) is 17.3 Å². The molecule has 5 heteroatoms. The Labute approximate surface area is 203 Å². The van der Waals surface area contributed by atoms with Crippen LogP contribution in [0.25, 0.3) is 11.8 Å². The third-order valence-corrected chi connectivity index (χ3v) is 7.09. The van der Waals surface area contributed by atoms with Crippen molar-refractivity contribution in [2.24, 2.45) is 5.41 Å². The molecule has 2 atom stereocenters. The minimum atomic E-state index is -1.58. The summed E-state index contributed by atoms with van der Waals surface area (Å²) in [6, 6.07) is 16.9. The molecule has 1 aliphatic rings. The van der Waals surface area contributed by atoms with Crippen LogP contribution < -0.4 is 0 Å². The molecular weight excluding hydrogens is 439 g/mol. The summed E-state index contributed by atoms with van der Waals surface area (Å²) >= 11 is 0. The Kier molecular flexibility index (Phi) is 6.93. The second kappa shape index (κ2) is 9.73. The fourth-order valence-electron chi connectivity index (χ4n) is 4.47. The van der Waals surface area contributed by atoms with Gasteiger partial charge < -0.3 is 4.74 Å². The molecule has 1 aliphatic carbocycles. The lowest BCUT2D eigenvalue weighted by Crippen LogP contribution is -2.29. The third-order valence-electron chi connectivity index (χ3n) is 6.22. The first-order valence-corrected chi connectivity index (χ1v) is 15.4. The first-order valence-electron chi connectivity index (χ1n) is 11.9. The first kappa shape index (κ1) is 24.2. The Morgan fingerprint density at radius 3 is 2.47 bits per heavy atom.